The molecule has 0 saturated heterocycles. The summed E-state index contributed by atoms with van der Waals surface area (Å²) in [4.78, 5) is 0. The Kier molecular flexibility index (Phi) is 6.95. The number of halogens is 6. The normalized spacial score (nSPS) is 13.5. The summed E-state index contributed by atoms with van der Waals surface area (Å²) in [5.41, 5.74) is -10.4. The van der Waals surface area contributed by atoms with Crippen LogP contribution in [0.15, 0.2) is 54.6 Å². The van der Waals surface area contributed by atoms with Crippen molar-refractivity contribution in [1.29, 1.82) is 0 Å². The summed E-state index contributed by atoms with van der Waals surface area (Å²) in [5, 5.41) is 1.00. The van der Waals surface area contributed by atoms with Gasteiger partial charge >= 0.3 is 11.0 Å². The number of ether oxygens (including phenoxy) is 1. The Bertz CT molecular complexity index is 1750. The zero-order valence-electron chi connectivity index (χ0n) is 20.6. The van der Waals surface area contributed by atoms with Crippen molar-refractivity contribution in [2.45, 2.75) is 28.9 Å². The maximum atomic E-state index is 13.5. The highest BCUT2D eigenvalue weighted by Crippen LogP contribution is 2.43. The molecule has 0 unspecified atom stereocenters. The third-order valence-electron chi connectivity index (χ3n) is 6.52. The van der Waals surface area contributed by atoms with Crippen LogP contribution in [-0.4, -0.2) is 44.1 Å². The van der Waals surface area contributed by atoms with Gasteiger partial charge in [-0.25, -0.2) is 16.8 Å². The molecule has 6 nitrogen and oxygen atoms in total. The van der Waals surface area contributed by atoms with Crippen LogP contribution in [0.2, 0.25) is 0 Å². The van der Waals surface area contributed by atoms with Crippen LogP contribution in [0.4, 0.5) is 26.3 Å². The van der Waals surface area contributed by atoms with Gasteiger partial charge in [-0.1, -0.05) is 29.8 Å². The van der Waals surface area contributed by atoms with Crippen LogP contribution < -0.4 is 4.74 Å². The Hall–Kier alpha value is -3.26. The van der Waals surface area contributed by atoms with Crippen LogP contribution in [-0.2, 0) is 33.1 Å². The average Bonchev–Trinajstić information content (AvgIpc) is 3.11. The Morgan fingerprint density at radius 2 is 1.36 bits per heavy atom. The van der Waals surface area contributed by atoms with E-state index in [1.807, 2.05) is 6.07 Å². The van der Waals surface area contributed by atoms with E-state index in [9.17, 15) is 43.2 Å². The van der Waals surface area contributed by atoms with E-state index in [0.29, 0.717) is 33.1 Å². The van der Waals surface area contributed by atoms with Crippen molar-refractivity contribution in [3.63, 3.8) is 0 Å². The summed E-state index contributed by atoms with van der Waals surface area (Å²) >= 11 is 0. The van der Waals surface area contributed by atoms with E-state index in [2.05, 4.69) is 0 Å². The molecule has 3 aromatic carbocycles. The number of hydrogen-bond acceptors (Lipinski definition) is 5. The SMILES string of the molecule is COc1ccc(-c2c(CC(S(=O)(=O)C(F)(F)F)S(=O)(=O)C(F)(F)F)ccc3c2c2cc(C)ccc2n3C)cc1. The molecule has 0 aliphatic rings. The Morgan fingerprint density at radius 1 is 0.821 bits per heavy atom. The molecule has 39 heavy (non-hydrogen) atoms. The smallest absolute Gasteiger partial charge is 0.497 e. The molecule has 0 aliphatic carbocycles. The number of sulfone groups is 2. The molecule has 210 valence electrons. The van der Waals surface area contributed by atoms with Gasteiger partial charge < -0.3 is 9.30 Å². The highest BCUT2D eigenvalue weighted by Gasteiger charge is 2.62. The first kappa shape index (κ1) is 28.7. The summed E-state index contributed by atoms with van der Waals surface area (Å²) in [6.07, 6.45) is -1.59. The molecule has 0 saturated carbocycles. The number of methoxy groups -OCH3 is 1. The highest BCUT2D eigenvalue weighted by molar-refractivity contribution is 8.09. The zero-order chi connectivity index (χ0) is 29.1. The molecule has 4 aromatic rings. The maximum absolute atomic E-state index is 13.5. The zero-order valence-corrected chi connectivity index (χ0v) is 22.2. The van der Waals surface area contributed by atoms with Gasteiger partial charge in [0, 0.05) is 35.3 Å². The van der Waals surface area contributed by atoms with Crippen LogP contribution in [0, 0.1) is 6.92 Å². The minimum Gasteiger partial charge on any atom is -0.497 e. The molecule has 0 aliphatic heterocycles. The Morgan fingerprint density at radius 3 is 1.87 bits per heavy atom. The predicted octanol–water partition coefficient (Wildman–Crippen LogP) is 6.05. The number of benzene rings is 3. The van der Waals surface area contributed by atoms with Crippen LogP contribution >= 0.6 is 0 Å². The van der Waals surface area contributed by atoms with Crippen molar-refractivity contribution in [1.82, 2.24) is 4.57 Å². The molecular formula is C25H21F6NO5S2. The highest BCUT2D eigenvalue weighted by atomic mass is 32.3. The number of rotatable bonds is 6. The van der Waals surface area contributed by atoms with Gasteiger partial charge in [0.05, 0.1) is 7.11 Å². The van der Waals surface area contributed by atoms with E-state index in [0.717, 1.165) is 11.6 Å². The lowest BCUT2D eigenvalue weighted by molar-refractivity contribution is -0.0471. The van der Waals surface area contributed by atoms with Gasteiger partial charge in [0.15, 0.2) is 4.58 Å². The second kappa shape index (κ2) is 9.44. The summed E-state index contributed by atoms with van der Waals surface area (Å²) in [7, 11) is -10.5. The van der Waals surface area contributed by atoms with E-state index < -0.39 is 41.7 Å². The molecule has 0 fully saturated rings. The molecular weight excluding hydrogens is 572 g/mol. The lowest BCUT2D eigenvalue weighted by Crippen LogP contribution is -2.46. The summed E-state index contributed by atoms with van der Waals surface area (Å²) in [5.74, 6) is 0.401. The van der Waals surface area contributed by atoms with Crippen LogP contribution in [0.5, 0.6) is 5.75 Å². The molecule has 0 amide bonds. The van der Waals surface area contributed by atoms with Gasteiger partial charge in [0.1, 0.15) is 5.75 Å². The largest absolute Gasteiger partial charge is 0.498 e. The number of nitrogens with zero attached hydrogens (tertiary/aromatic N) is 1. The van der Waals surface area contributed by atoms with Crippen LogP contribution in [0.3, 0.4) is 0 Å². The second-order valence-electron chi connectivity index (χ2n) is 8.92. The molecule has 14 heteroatoms. The number of alkyl halides is 6. The number of fused-ring (bicyclic) bond motifs is 3. The maximum Gasteiger partial charge on any atom is 0.498 e. The molecule has 0 N–H and O–H groups in total. The molecule has 0 bridgehead atoms. The lowest BCUT2D eigenvalue weighted by Gasteiger charge is -2.22. The van der Waals surface area contributed by atoms with Crippen molar-refractivity contribution in [2.75, 3.05) is 7.11 Å². The fourth-order valence-corrected chi connectivity index (χ4v) is 7.96. The summed E-state index contributed by atoms with van der Waals surface area (Å²) in [6, 6.07) is 13.9. The fourth-order valence-electron chi connectivity index (χ4n) is 4.58. The van der Waals surface area contributed by atoms with Crippen molar-refractivity contribution in [3.05, 3.63) is 65.7 Å². The fraction of sp³-hybridized carbons (Fsp3) is 0.280. The van der Waals surface area contributed by atoms with Gasteiger partial charge in [-0.15, -0.1) is 0 Å². The van der Waals surface area contributed by atoms with E-state index in [-0.39, 0.29) is 11.1 Å². The quantitative estimate of drug-likeness (QED) is 0.254. The molecule has 0 atom stereocenters. The predicted molar refractivity (Wildman–Crippen MR) is 135 cm³/mol. The Balaban J connectivity index is 2.11. The minimum atomic E-state index is -6.82. The minimum absolute atomic E-state index is 0.103. The first-order valence-corrected chi connectivity index (χ1v) is 14.3. The number of aryl methyl sites for hydroxylation is 2. The van der Waals surface area contributed by atoms with E-state index in [4.69, 9.17) is 4.74 Å². The van der Waals surface area contributed by atoms with Crippen molar-refractivity contribution < 1.29 is 47.9 Å². The lowest BCUT2D eigenvalue weighted by atomic mass is 9.92. The van der Waals surface area contributed by atoms with Gasteiger partial charge in [0.2, 0.25) is 0 Å². The van der Waals surface area contributed by atoms with E-state index in [1.54, 1.807) is 30.7 Å². The number of hydrogen-bond donors (Lipinski definition) is 0. The molecule has 4 rings (SSSR count). The average molecular weight is 594 g/mol. The van der Waals surface area contributed by atoms with Gasteiger partial charge in [-0.05, 0) is 53.9 Å². The van der Waals surface area contributed by atoms with E-state index in [1.165, 1.54) is 37.4 Å². The summed E-state index contributed by atoms with van der Waals surface area (Å²) < 4.78 is 133. The van der Waals surface area contributed by atoms with Gasteiger partial charge in [0.25, 0.3) is 19.7 Å². The van der Waals surface area contributed by atoms with Crippen molar-refractivity contribution in [3.8, 4) is 16.9 Å². The second-order valence-corrected chi connectivity index (χ2v) is 13.5. The van der Waals surface area contributed by atoms with Crippen molar-refractivity contribution in [2.24, 2.45) is 7.05 Å². The third kappa shape index (κ3) is 4.73. The standard InChI is InChI=1S/C25H21F6NO5S2/c1-14-4-10-19-18(12-14)23-20(32(19)2)11-7-16(22(23)15-5-8-17(37-3)9-6-15)13-21(38(33,34)24(26,27)28)39(35,36)25(29,30)31/h4-12,21H,13H2,1-3H3. The molecule has 1 aromatic heterocycles. The summed E-state index contributed by atoms with van der Waals surface area (Å²) in [6.45, 7) is 1.79. The molecule has 0 spiro atoms. The molecule has 0 radical (unpaired) electrons. The Labute approximate surface area is 219 Å². The van der Waals surface area contributed by atoms with Crippen LogP contribution in [0.1, 0.15) is 11.1 Å². The van der Waals surface area contributed by atoms with Gasteiger partial charge in [-0.3, -0.25) is 0 Å². The van der Waals surface area contributed by atoms with Crippen LogP contribution in [0.25, 0.3) is 32.9 Å². The first-order valence-electron chi connectivity index (χ1n) is 11.2. The topological polar surface area (TPSA) is 82.4 Å². The van der Waals surface area contributed by atoms with Crippen molar-refractivity contribution >= 4 is 41.5 Å². The monoisotopic (exact) mass is 593 g/mol. The van der Waals surface area contributed by atoms with Gasteiger partial charge in [-0.2, -0.15) is 26.3 Å². The first-order chi connectivity index (χ1) is 17.9. The third-order valence-corrected chi connectivity index (χ3v) is 11.0. The number of aromatic nitrogens is 1. The molecule has 1 heterocycles. The van der Waals surface area contributed by atoms with E-state index >= 15 is 0 Å².